The molecule has 1 aromatic rings. The van der Waals surface area contributed by atoms with Gasteiger partial charge in [0.05, 0.1) is 0 Å². The van der Waals surface area contributed by atoms with Gasteiger partial charge in [-0.25, -0.2) is 0 Å². The number of likely N-dealkylation sites (N-methyl/N-ethyl adjacent to an activating group) is 1. The van der Waals surface area contributed by atoms with E-state index >= 15 is 0 Å². The van der Waals surface area contributed by atoms with E-state index in [0.717, 1.165) is 16.8 Å². The Balaban J connectivity index is 2.08. The van der Waals surface area contributed by atoms with Gasteiger partial charge in [-0.3, -0.25) is 4.79 Å². The number of ether oxygens (including phenoxy) is 1. The summed E-state index contributed by atoms with van der Waals surface area (Å²) < 4.78 is 6.58. The van der Waals surface area contributed by atoms with Crippen molar-refractivity contribution < 1.29 is 9.53 Å². The molecular weight excluding hydrogens is 308 g/mol. The number of amides is 1. The molecule has 5 heteroatoms. The monoisotopic (exact) mass is 326 g/mol. The van der Waals surface area contributed by atoms with Crippen LogP contribution in [0, 0.1) is 0 Å². The molecule has 0 spiro atoms. The summed E-state index contributed by atoms with van der Waals surface area (Å²) in [5.74, 6) is 0.844. The van der Waals surface area contributed by atoms with Crippen LogP contribution < -0.4 is 10.1 Å². The number of benzene rings is 1. The number of carbonyl (C=O) groups excluding carboxylic acids is 1. The first-order chi connectivity index (χ1) is 9.09. The number of halogens is 1. The second kappa shape index (κ2) is 8.72. The highest BCUT2D eigenvalue weighted by atomic mass is 79.9. The number of rotatable bonds is 7. The number of hydrogen-bond acceptors (Lipinski definition) is 3. The fourth-order valence-electron chi connectivity index (χ4n) is 1.27. The van der Waals surface area contributed by atoms with E-state index in [2.05, 4.69) is 21.2 Å². The van der Waals surface area contributed by atoms with Gasteiger partial charge in [0, 0.05) is 37.7 Å². The first-order valence-corrected chi connectivity index (χ1v) is 6.86. The molecule has 0 bridgehead atoms. The Morgan fingerprint density at radius 1 is 1.37 bits per heavy atom. The van der Waals surface area contributed by atoms with E-state index in [9.17, 15) is 4.79 Å². The Labute approximate surface area is 122 Å². The second-order valence-corrected chi connectivity index (χ2v) is 5.06. The summed E-state index contributed by atoms with van der Waals surface area (Å²) in [5, 5.41) is 3.17. The molecule has 0 fully saturated rings. The van der Waals surface area contributed by atoms with Gasteiger partial charge in [-0.2, -0.15) is 0 Å². The maximum atomic E-state index is 11.2. The van der Waals surface area contributed by atoms with E-state index in [1.807, 2.05) is 30.3 Å². The molecule has 0 aliphatic heterocycles. The van der Waals surface area contributed by atoms with Crippen LogP contribution in [0.25, 0.3) is 0 Å². The average molecular weight is 327 g/mol. The standard InChI is InChI=1S/C14H19BrN2O2/c1-17(2)14(18)4-3-9-16-10-11-19-13-7-5-12(15)6-8-13/h3-8,16H,9-11H2,1-2H3/b4-3+. The first kappa shape index (κ1) is 15.7. The molecule has 0 atom stereocenters. The molecule has 0 aliphatic rings. The Hall–Kier alpha value is -1.33. The van der Waals surface area contributed by atoms with Gasteiger partial charge in [0.1, 0.15) is 12.4 Å². The summed E-state index contributed by atoms with van der Waals surface area (Å²) in [6.45, 7) is 1.98. The van der Waals surface area contributed by atoms with Crippen molar-refractivity contribution in [3.05, 3.63) is 40.9 Å². The summed E-state index contributed by atoms with van der Waals surface area (Å²) in [5.41, 5.74) is 0. The van der Waals surface area contributed by atoms with Crippen LogP contribution in [-0.4, -0.2) is 44.6 Å². The van der Waals surface area contributed by atoms with E-state index in [1.54, 1.807) is 20.2 Å². The van der Waals surface area contributed by atoms with Gasteiger partial charge >= 0.3 is 0 Å². The molecule has 19 heavy (non-hydrogen) atoms. The Bertz CT molecular complexity index is 416. The molecule has 0 aliphatic carbocycles. The second-order valence-electron chi connectivity index (χ2n) is 4.14. The molecule has 104 valence electrons. The van der Waals surface area contributed by atoms with Crippen molar-refractivity contribution in [2.24, 2.45) is 0 Å². The number of carbonyl (C=O) groups is 1. The van der Waals surface area contributed by atoms with Crippen molar-refractivity contribution in [3.63, 3.8) is 0 Å². The van der Waals surface area contributed by atoms with Crippen LogP contribution in [0.1, 0.15) is 0 Å². The molecule has 1 N–H and O–H groups in total. The number of nitrogens with one attached hydrogen (secondary N) is 1. The first-order valence-electron chi connectivity index (χ1n) is 6.06. The van der Waals surface area contributed by atoms with Crippen LogP contribution in [0.4, 0.5) is 0 Å². The summed E-state index contributed by atoms with van der Waals surface area (Å²) in [7, 11) is 3.46. The van der Waals surface area contributed by atoms with Crippen molar-refractivity contribution in [2.75, 3.05) is 33.8 Å². The molecule has 0 aromatic heterocycles. The van der Waals surface area contributed by atoms with Gasteiger partial charge in [0.25, 0.3) is 0 Å². The van der Waals surface area contributed by atoms with Crippen LogP contribution in [0.5, 0.6) is 5.75 Å². The number of nitrogens with zero attached hydrogens (tertiary/aromatic N) is 1. The SMILES string of the molecule is CN(C)C(=O)/C=C/CNCCOc1ccc(Br)cc1. The van der Waals surface area contributed by atoms with E-state index in [1.165, 1.54) is 4.90 Å². The molecule has 1 rings (SSSR count). The molecule has 0 radical (unpaired) electrons. The molecule has 4 nitrogen and oxygen atoms in total. The topological polar surface area (TPSA) is 41.6 Å². The van der Waals surface area contributed by atoms with Crippen molar-refractivity contribution in [2.45, 2.75) is 0 Å². The smallest absolute Gasteiger partial charge is 0.245 e. The van der Waals surface area contributed by atoms with Crippen LogP contribution in [-0.2, 0) is 4.79 Å². The van der Waals surface area contributed by atoms with Crippen molar-refractivity contribution in [3.8, 4) is 5.75 Å². The molecular formula is C14H19BrN2O2. The van der Waals surface area contributed by atoms with Gasteiger partial charge in [0.15, 0.2) is 0 Å². The lowest BCUT2D eigenvalue weighted by Crippen LogP contribution is -2.22. The van der Waals surface area contributed by atoms with Gasteiger partial charge in [0.2, 0.25) is 5.91 Å². The highest BCUT2D eigenvalue weighted by Crippen LogP contribution is 2.15. The maximum absolute atomic E-state index is 11.2. The third-order valence-electron chi connectivity index (χ3n) is 2.32. The lowest BCUT2D eigenvalue weighted by molar-refractivity contribution is -0.123. The predicted molar refractivity (Wildman–Crippen MR) is 80.3 cm³/mol. The lowest BCUT2D eigenvalue weighted by atomic mass is 10.3. The predicted octanol–water partition coefficient (Wildman–Crippen LogP) is 2.06. The summed E-state index contributed by atoms with van der Waals surface area (Å²) in [6.07, 6.45) is 3.37. The summed E-state index contributed by atoms with van der Waals surface area (Å²) >= 11 is 3.37. The third-order valence-corrected chi connectivity index (χ3v) is 2.85. The summed E-state index contributed by atoms with van der Waals surface area (Å²) in [6, 6.07) is 7.72. The van der Waals surface area contributed by atoms with Gasteiger partial charge in [-0.05, 0) is 24.3 Å². The van der Waals surface area contributed by atoms with Gasteiger partial charge in [-0.1, -0.05) is 22.0 Å². The van der Waals surface area contributed by atoms with Crippen molar-refractivity contribution >= 4 is 21.8 Å². The van der Waals surface area contributed by atoms with Gasteiger partial charge < -0.3 is 15.0 Å². The number of hydrogen-bond donors (Lipinski definition) is 1. The zero-order valence-electron chi connectivity index (χ0n) is 11.2. The quantitative estimate of drug-likeness (QED) is 0.616. The van der Waals surface area contributed by atoms with E-state index in [4.69, 9.17) is 4.74 Å². The minimum absolute atomic E-state index is 0.00656. The Morgan fingerprint density at radius 2 is 2.05 bits per heavy atom. The molecule has 0 saturated heterocycles. The van der Waals surface area contributed by atoms with Crippen molar-refractivity contribution in [1.29, 1.82) is 0 Å². The molecule has 0 heterocycles. The van der Waals surface area contributed by atoms with E-state index in [-0.39, 0.29) is 5.91 Å². The van der Waals surface area contributed by atoms with Crippen LogP contribution in [0.15, 0.2) is 40.9 Å². The highest BCUT2D eigenvalue weighted by molar-refractivity contribution is 9.10. The highest BCUT2D eigenvalue weighted by Gasteiger charge is 1.96. The Kier molecular flexibility index (Phi) is 7.22. The molecule has 1 aromatic carbocycles. The largest absolute Gasteiger partial charge is 0.492 e. The van der Waals surface area contributed by atoms with Crippen molar-refractivity contribution in [1.82, 2.24) is 10.2 Å². The van der Waals surface area contributed by atoms with Crippen LogP contribution in [0.3, 0.4) is 0 Å². The summed E-state index contributed by atoms with van der Waals surface area (Å²) in [4.78, 5) is 12.8. The molecule has 1 amide bonds. The fourth-order valence-corrected chi connectivity index (χ4v) is 1.53. The third kappa shape index (κ3) is 6.98. The fraction of sp³-hybridized carbons (Fsp3) is 0.357. The zero-order valence-corrected chi connectivity index (χ0v) is 12.8. The normalized spacial score (nSPS) is 10.7. The van der Waals surface area contributed by atoms with E-state index < -0.39 is 0 Å². The Morgan fingerprint density at radius 3 is 2.68 bits per heavy atom. The minimum Gasteiger partial charge on any atom is -0.492 e. The maximum Gasteiger partial charge on any atom is 0.245 e. The lowest BCUT2D eigenvalue weighted by Gasteiger charge is -2.07. The van der Waals surface area contributed by atoms with E-state index in [0.29, 0.717) is 13.2 Å². The van der Waals surface area contributed by atoms with Gasteiger partial charge in [-0.15, -0.1) is 0 Å². The molecule has 0 saturated carbocycles. The molecule has 0 unspecified atom stereocenters. The van der Waals surface area contributed by atoms with Crippen LogP contribution >= 0.6 is 15.9 Å². The minimum atomic E-state index is -0.00656. The average Bonchev–Trinajstić information content (AvgIpc) is 2.39. The zero-order chi connectivity index (χ0) is 14.1. The van der Waals surface area contributed by atoms with Crippen LogP contribution in [0.2, 0.25) is 0 Å².